The molecule has 2 heterocycles. The first-order chi connectivity index (χ1) is 18.0. The van der Waals surface area contributed by atoms with E-state index in [9.17, 15) is 35.0 Å². The number of carboxylic acids is 1. The first-order valence-electron chi connectivity index (χ1n) is 10.8. The van der Waals surface area contributed by atoms with E-state index in [1.165, 1.54) is 12.1 Å². The normalized spacial score (nSPS) is 15.3. The number of carbonyl (C=O) groups excluding carboxylic acids is 2. The Bertz CT molecular complexity index is 1350. The monoisotopic (exact) mass is 609 g/mol. The van der Waals surface area contributed by atoms with Gasteiger partial charge in [0.2, 0.25) is 5.91 Å². The van der Waals surface area contributed by atoms with Crippen LogP contribution in [0, 0.1) is 11.3 Å². The van der Waals surface area contributed by atoms with Crippen LogP contribution in [0.25, 0.3) is 0 Å². The maximum atomic E-state index is 12.7. The Morgan fingerprint density at radius 1 is 1.34 bits per heavy atom. The van der Waals surface area contributed by atoms with Crippen LogP contribution in [0.3, 0.4) is 0 Å². The molecule has 0 fully saturated rings. The number of phenolic OH excluding ortho intramolecular Hbond substituents is 1. The van der Waals surface area contributed by atoms with Gasteiger partial charge in [0.05, 0.1) is 36.1 Å². The van der Waals surface area contributed by atoms with Gasteiger partial charge in [0.15, 0.2) is 29.0 Å². The molecule has 9 N–H and O–H groups in total. The maximum absolute atomic E-state index is 12.7. The zero-order valence-electron chi connectivity index (χ0n) is 19.3. The number of halogens is 2. The highest BCUT2D eigenvalue weighted by Gasteiger charge is 2.24. The second-order valence-corrected chi connectivity index (χ2v) is 9.13. The minimum atomic E-state index is -1.26. The molecule has 1 aliphatic heterocycles. The van der Waals surface area contributed by atoms with Crippen molar-refractivity contribution in [1.29, 1.82) is 5.26 Å². The fourth-order valence-electron chi connectivity index (χ4n) is 3.26. The Hall–Kier alpha value is -4.20. The lowest BCUT2D eigenvalue weighted by molar-refractivity contribution is -0.137. The number of nitrogen functional groups attached to an aromatic ring is 1. The lowest BCUT2D eigenvalue weighted by Gasteiger charge is -2.20. The van der Waals surface area contributed by atoms with Crippen LogP contribution in [0.15, 0.2) is 21.6 Å². The molecule has 0 spiro atoms. The molecule has 2 aromatic rings. The number of nitrogens with two attached hydrogens (primary N) is 1. The van der Waals surface area contributed by atoms with Crippen LogP contribution in [-0.2, 0) is 9.59 Å². The van der Waals surface area contributed by atoms with Crippen LogP contribution in [0.1, 0.15) is 34.2 Å². The molecule has 2 amide bonds. The Labute approximate surface area is 228 Å². The zero-order valence-corrected chi connectivity index (χ0v) is 21.7. The average molecular weight is 611 g/mol. The van der Waals surface area contributed by atoms with Crippen molar-refractivity contribution in [2.45, 2.75) is 18.6 Å². The van der Waals surface area contributed by atoms with Gasteiger partial charge in [-0.15, -0.1) is 0 Å². The number of nitrogens with zero attached hydrogens (tertiary/aromatic N) is 4. The molecule has 1 aliphatic rings. The summed E-state index contributed by atoms with van der Waals surface area (Å²) in [5, 5.41) is 48.8. The second kappa shape index (κ2) is 12.4. The number of phenols is 1. The molecular formula is C21H21BrClN9O6. The molecular weight excluding hydrogens is 590 g/mol. The van der Waals surface area contributed by atoms with E-state index in [0.29, 0.717) is 0 Å². The van der Waals surface area contributed by atoms with Gasteiger partial charge < -0.3 is 42.3 Å². The summed E-state index contributed by atoms with van der Waals surface area (Å²) < 4.78 is 0.197. The van der Waals surface area contributed by atoms with E-state index < -0.39 is 48.6 Å². The number of benzene rings is 1. The van der Waals surface area contributed by atoms with Gasteiger partial charge in [-0.3, -0.25) is 19.4 Å². The number of nitriles is 1. The van der Waals surface area contributed by atoms with Gasteiger partial charge in [-0.25, -0.2) is 9.97 Å². The van der Waals surface area contributed by atoms with E-state index in [4.69, 9.17) is 17.3 Å². The molecule has 200 valence electrons. The van der Waals surface area contributed by atoms with Crippen molar-refractivity contribution in [1.82, 2.24) is 25.9 Å². The Kier molecular flexibility index (Phi) is 9.23. The molecule has 15 nitrogen and oxygen atoms in total. The molecule has 0 bridgehead atoms. The number of rotatable bonds is 8. The molecule has 38 heavy (non-hydrogen) atoms. The third-order valence-electron chi connectivity index (χ3n) is 5.00. The third-order valence-corrected chi connectivity index (χ3v) is 5.83. The van der Waals surface area contributed by atoms with Gasteiger partial charge in [-0.2, -0.15) is 5.26 Å². The van der Waals surface area contributed by atoms with Crippen LogP contribution >= 0.6 is 27.5 Å². The number of aliphatic hydroxyl groups is 1. The predicted molar refractivity (Wildman–Crippen MR) is 137 cm³/mol. The smallest absolute Gasteiger partial charge is 0.305 e. The first-order valence-corrected chi connectivity index (χ1v) is 11.9. The highest BCUT2D eigenvalue weighted by molar-refractivity contribution is 9.10. The van der Waals surface area contributed by atoms with Crippen molar-refractivity contribution in [2.24, 2.45) is 4.99 Å². The number of carbonyl (C=O) groups is 3. The van der Waals surface area contributed by atoms with E-state index in [-0.39, 0.29) is 57.2 Å². The fraction of sp³-hybridized carbons (Fsp3) is 0.286. The van der Waals surface area contributed by atoms with Gasteiger partial charge >= 0.3 is 5.97 Å². The van der Waals surface area contributed by atoms with E-state index in [0.717, 1.165) is 0 Å². The van der Waals surface area contributed by atoms with Gasteiger partial charge in [0.1, 0.15) is 11.8 Å². The summed E-state index contributed by atoms with van der Waals surface area (Å²) in [7, 11) is 0. The second-order valence-electron chi connectivity index (χ2n) is 7.84. The largest absolute Gasteiger partial charge is 0.506 e. The van der Waals surface area contributed by atoms with Gasteiger partial charge in [-0.1, -0.05) is 11.6 Å². The van der Waals surface area contributed by atoms with Gasteiger partial charge in [0.25, 0.3) is 5.91 Å². The number of carboxylic acid groups (broad SMARTS) is 1. The Morgan fingerprint density at radius 2 is 2.08 bits per heavy atom. The van der Waals surface area contributed by atoms with Crippen molar-refractivity contribution in [3.63, 3.8) is 0 Å². The van der Waals surface area contributed by atoms with E-state index in [1.807, 2.05) is 0 Å². The standard InChI is InChI=1S/C21H21BrClN9O6/c22-11-2-8(23)1-10(17(11)37)12(3-15(35)36)29-14(34)7-26-20(38)16-18(25)30-13(4-24)19(31-16)32-21-27-5-9(33)6-28-21/h1-2,9,12,33,37H,3,5-7H2,(H2,25,30)(H,26,38)(H,29,34)(H,35,36)(H2,27,28,31,32). The number of aromatic hydroxyl groups is 1. The number of hydrogen-bond acceptors (Lipinski definition) is 12. The number of aromatic nitrogens is 2. The average Bonchev–Trinajstić information content (AvgIpc) is 2.86. The summed E-state index contributed by atoms with van der Waals surface area (Å²) in [5.74, 6) is -3.59. The predicted octanol–water partition coefficient (Wildman–Crippen LogP) is -0.154. The number of anilines is 2. The molecule has 0 saturated heterocycles. The summed E-state index contributed by atoms with van der Waals surface area (Å²) in [6.07, 6.45) is -1.27. The summed E-state index contributed by atoms with van der Waals surface area (Å²) >= 11 is 9.10. The number of nitrogens with one attached hydrogen (secondary N) is 4. The van der Waals surface area contributed by atoms with Crippen molar-refractivity contribution >= 4 is 62.9 Å². The number of aliphatic imine (C=N–C) groups is 1. The molecule has 1 aromatic heterocycles. The summed E-state index contributed by atoms with van der Waals surface area (Å²) in [6.45, 7) is -0.312. The van der Waals surface area contributed by atoms with E-state index in [2.05, 4.69) is 52.2 Å². The molecule has 0 saturated carbocycles. The molecule has 1 aromatic carbocycles. The van der Waals surface area contributed by atoms with Gasteiger partial charge in [0, 0.05) is 17.1 Å². The first kappa shape index (κ1) is 28.4. The highest BCUT2D eigenvalue weighted by Crippen LogP contribution is 2.36. The molecule has 2 atom stereocenters. The zero-order chi connectivity index (χ0) is 28.0. The molecule has 2 unspecified atom stereocenters. The van der Waals surface area contributed by atoms with Crippen LogP contribution < -0.4 is 27.0 Å². The van der Waals surface area contributed by atoms with E-state index in [1.54, 1.807) is 6.07 Å². The molecule has 3 rings (SSSR count). The lowest BCUT2D eigenvalue weighted by Crippen LogP contribution is -2.43. The quantitative estimate of drug-likeness (QED) is 0.194. The summed E-state index contributed by atoms with van der Waals surface area (Å²) in [5.41, 5.74) is 5.21. The molecule has 0 radical (unpaired) electrons. The van der Waals surface area contributed by atoms with Crippen LogP contribution in [-0.4, -0.2) is 74.8 Å². The van der Waals surface area contributed by atoms with Crippen LogP contribution in [0.5, 0.6) is 5.75 Å². The SMILES string of the molecule is N#Cc1nc(N)c(C(=O)NCC(=O)NC(CC(=O)O)c2cc(Cl)cc(Br)c2O)nc1NC1=NCC(O)CN1. The van der Waals surface area contributed by atoms with Crippen molar-refractivity contribution < 1.29 is 29.7 Å². The minimum Gasteiger partial charge on any atom is -0.506 e. The Balaban J connectivity index is 1.73. The minimum absolute atomic E-state index is 0.0520. The Morgan fingerprint density at radius 3 is 2.71 bits per heavy atom. The van der Waals surface area contributed by atoms with Crippen LogP contribution in [0.2, 0.25) is 5.02 Å². The fourth-order valence-corrected chi connectivity index (χ4v) is 4.10. The topological polar surface area (TPSA) is 248 Å². The van der Waals surface area contributed by atoms with Crippen molar-refractivity contribution in [3.8, 4) is 11.8 Å². The van der Waals surface area contributed by atoms with Crippen molar-refractivity contribution in [3.05, 3.63) is 38.6 Å². The molecule has 17 heteroatoms. The number of amides is 2. The number of aliphatic hydroxyl groups excluding tert-OH is 1. The number of β-amino-alcohol motifs (C(OH)–C–C–N with tert-alkyl or cyclic N) is 1. The van der Waals surface area contributed by atoms with Crippen molar-refractivity contribution in [2.75, 3.05) is 30.7 Å². The number of hydrogen-bond donors (Lipinski definition) is 8. The van der Waals surface area contributed by atoms with Gasteiger partial charge in [-0.05, 0) is 28.1 Å². The third kappa shape index (κ3) is 7.18. The lowest BCUT2D eigenvalue weighted by atomic mass is 10.0. The summed E-state index contributed by atoms with van der Waals surface area (Å²) in [4.78, 5) is 48.5. The number of aliphatic carboxylic acids is 1. The molecule has 0 aliphatic carbocycles. The summed E-state index contributed by atoms with van der Waals surface area (Å²) in [6, 6.07) is 3.32. The highest BCUT2D eigenvalue weighted by atomic mass is 79.9. The number of guanidine groups is 1. The van der Waals surface area contributed by atoms with Crippen LogP contribution in [0.4, 0.5) is 11.6 Å². The maximum Gasteiger partial charge on any atom is 0.305 e. The van der Waals surface area contributed by atoms with E-state index >= 15 is 0 Å².